The van der Waals surface area contributed by atoms with Gasteiger partial charge in [0, 0.05) is 17.9 Å². The number of anilines is 1. The molecule has 1 unspecified atom stereocenters. The van der Waals surface area contributed by atoms with Crippen molar-refractivity contribution >= 4 is 17.8 Å². The van der Waals surface area contributed by atoms with Gasteiger partial charge in [0.25, 0.3) is 5.92 Å². The lowest BCUT2D eigenvalue weighted by Gasteiger charge is -2.27. The molecule has 1 saturated heterocycles. The van der Waals surface area contributed by atoms with E-state index >= 15 is 0 Å². The summed E-state index contributed by atoms with van der Waals surface area (Å²) in [5, 5.41) is 6.17. The standard InChI is InChI=1S/C17H25F2N3O4/c1-15(2,3)11-7-12(21-26-11)20-13(23)10-8-17(18,19)9-22(10)14(24)25-16(4,5)6/h7,10H,8-9H2,1-6H3,(H,20,21,23). The third kappa shape index (κ3) is 4.92. The molecule has 0 bridgehead atoms. The summed E-state index contributed by atoms with van der Waals surface area (Å²) >= 11 is 0. The van der Waals surface area contributed by atoms with Crippen LogP contribution in [-0.2, 0) is 14.9 Å². The fourth-order valence-corrected chi connectivity index (χ4v) is 2.46. The van der Waals surface area contributed by atoms with Crippen LogP contribution in [-0.4, -0.2) is 46.2 Å². The van der Waals surface area contributed by atoms with Gasteiger partial charge in [0.2, 0.25) is 5.91 Å². The SMILES string of the molecule is CC(C)(C)OC(=O)N1CC(F)(F)CC1C(=O)Nc1cc(C(C)(C)C)on1. The van der Waals surface area contributed by atoms with E-state index in [1.165, 1.54) is 6.07 Å². The number of carbonyl (C=O) groups excluding carboxylic acids is 2. The predicted octanol–water partition coefficient (Wildman–Crippen LogP) is 3.56. The lowest BCUT2D eigenvalue weighted by atomic mass is 9.93. The number of hydrogen-bond acceptors (Lipinski definition) is 5. The molecule has 0 aliphatic carbocycles. The summed E-state index contributed by atoms with van der Waals surface area (Å²) in [5.41, 5.74) is -1.18. The largest absolute Gasteiger partial charge is 0.444 e. The fourth-order valence-electron chi connectivity index (χ4n) is 2.46. The zero-order valence-corrected chi connectivity index (χ0v) is 15.9. The molecule has 146 valence electrons. The Morgan fingerprint density at radius 1 is 1.31 bits per heavy atom. The Morgan fingerprint density at radius 3 is 2.42 bits per heavy atom. The van der Waals surface area contributed by atoms with Crippen molar-refractivity contribution < 1.29 is 27.6 Å². The number of amides is 2. The molecule has 2 heterocycles. The van der Waals surface area contributed by atoms with E-state index in [-0.39, 0.29) is 11.2 Å². The maximum absolute atomic E-state index is 13.8. The molecule has 1 N–H and O–H groups in total. The van der Waals surface area contributed by atoms with Crippen LogP contribution in [0.3, 0.4) is 0 Å². The van der Waals surface area contributed by atoms with E-state index in [1.54, 1.807) is 20.8 Å². The predicted molar refractivity (Wildman–Crippen MR) is 90.1 cm³/mol. The van der Waals surface area contributed by atoms with E-state index in [4.69, 9.17) is 9.26 Å². The zero-order chi connectivity index (χ0) is 19.9. The third-order valence-electron chi connectivity index (χ3n) is 3.70. The van der Waals surface area contributed by atoms with Crippen LogP contribution in [0.15, 0.2) is 10.6 Å². The van der Waals surface area contributed by atoms with E-state index in [0.717, 1.165) is 4.90 Å². The van der Waals surface area contributed by atoms with Gasteiger partial charge in [-0.3, -0.25) is 9.69 Å². The summed E-state index contributed by atoms with van der Waals surface area (Å²) in [5.74, 6) is -3.28. The van der Waals surface area contributed by atoms with Crippen molar-refractivity contribution in [3.8, 4) is 0 Å². The zero-order valence-electron chi connectivity index (χ0n) is 15.9. The summed E-state index contributed by atoms with van der Waals surface area (Å²) in [4.78, 5) is 25.4. The summed E-state index contributed by atoms with van der Waals surface area (Å²) in [7, 11) is 0. The Kier molecular flexibility index (Phi) is 5.04. The van der Waals surface area contributed by atoms with Crippen molar-refractivity contribution in [3.05, 3.63) is 11.8 Å². The highest BCUT2D eigenvalue weighted by atomic mass is 19.3. The molecule has 0 radical (unpaired) electrons. The second kappa shape index (κ2) is 6.51. The van der Waals surface area contributed by atoms with Gasteiger partial charge in [-0.05, 0) is 20.8 Å². The van der Waals surface area contributed by atoms with E-state index in [9.17, 15) is 18.4 Å². The average Bonchev–Trinajstić information content (AvgIpc) is 3.00. The minimum Gasteiger partial charge on any atom is -0.444 e. The maximum atomic E-state index is 13.8. The van der Waals surface area contributed by atoms with Gasteiger partial charge in [0.15, 0.2) is 5.82 Å². The van der Waals surface area contributed by atoms with Crippen LogP contribution in [0.5, 0.6) is 0 Å². The normalized spacial score (nSPS) is 20.2. The Bertz CT molecular complexity index is 689. The number of rotatable bonds is 2. The van der Waals surface area contributed by atoms with Crippen LogP contribution in [0.4, 0.5) is 19.4 Å². The molecule has 26 heavy (non-hydrogen) atoms. The Hall–Kier alpha value is -2.19. The first kappa shape index (κ1) is 20.1. The quantitative estimate of drug-likeness (QED) is 0.857. The molecule has 2 amide bonds. The lowest BCUT2D eigenvalue weighted by Crippen LogP contribution is -2.45. The van der Waals surface area contributed by atoms with Crippen LogP contribution >= 0.6 is 0 Å². The summed E-state index contributed by atoms with van der Waals surface area (Å²) < 4.78 is 38.0. The fraction of sp³-hybridized carbons (Fsp3) is 0.706. The first-order valence-electron chi connectivity index (χ1n) is 8.33. The topological polar surface area (TPSA) is 84.7 Å². The third-order valence-corrected chi connectivity index (χ3v) is 3.70. The van der Waals surface area contributed by atoms with Crippen molar-refractivity contribution in [2.45, 2.75) is 70.9 Å². The molecule has 1 aliphatic rings. The molecular formula is C17H25F2N3O4. The van der Waals surface area contributed by atoms with Crippen molar-refractivity contribution in [1.82, 2.24) is 10.1 Å². The van der Waals surface area contributed by atoms with E-state index in [0.29, 0.717) is 5.76 Å². The highest BCUT2D eigenvalue weighted by Gasteiger charge is 2.51. The van der Waals surface area contributed by atoms with Crippen molar-refractivity contribution in [3.63, 3.8) is 0 Å². The Labute approximate surface area is 151 Å². The molecule has 0 spiro atoms. The van der Waals surface area contributed by atoms with E-state index in [2.05, 4.69) is 10.5 Å². The molecule has 1 atom stereocenters. The molecular weight excluding hydrogens is 348 g/mol. The number of nitrogens with zero attached hydrogens (tertiary/aromatic N) is 2. The highest BCUT2D eigenvalue weighted by Crippen LogP contribution is 2.34. The smallest absolute Gasteiger partial charge is 0.411 e. The molecule has 1 aliphatic heterocycles. The molecule has 0 aromatic carbocycles. The number of aromatic nitrogens is 1. The summed E-state index contributed by atoms with van der Waals surface area (Å²) in [6.45, 7) is 9.71. The average molecular weight is 373 g/mol. The number of alkyl halides is 2. The van der Waals surface area contributed by atoms with Gasteiger partial charge in [-0.1, -0.05) is 25.9 Å². The van der Waals surface area contributed by atoms with Crippen LogP contribution in [0.25, 0.3) is 0 Å². The van der Waals surface area contributed by atoms with E-state index in [1.807, 2.05) is 20.8 Å². The first-order chi connectivity index (χ1) is 11.7. The summed E-state index contributed by atoms with van der Waals surface area (Å²) in [6, 6.07) is 0.178. The monoisotopic (exact) mass is 373 g/mol. The van der Waals surface area contributed by atoms with Crippen LogP contribution in [0.1, 0.15) is 53.7 Å². The van der Waals surface area contributed by atoms with Crippen LogP contribution in [0.2, 0.25) is 0 Å². The minimum absolute atomic E-state index is 0.110. The van der Waals surface area contributed by atoms with Gasteiger partial charge in [0.05, 0.1) is 6.54 Å². The second-order valence-electron chi connectivity index (χ2n) is 8.50. The first-order valence-corrected chi connectivity index (χ1v) is 8.33. The molecule has 9 heteroatoms. The maximum Gasteiger partial charge on any atom is 0.411 e. The van der Waals surface area contributed by atoms with Crippen LogP contribution < -0.4 is 5.32 Å². The number of halogens is 2. The number of carbonyl (C=O) groups is 2. The molecule has 1 aromatic rings. The lowest BCUT2D eigenvalue weighted by molar-refractivity contribution is -0.120. The van der Waals surface area contributed by atoms with Crippen molar-refractivity contribution in [2.24, 2.45) is 0 Å². The van der Waals surface area contributed by atoms with Gasteiger partial charge < -0.3 is 14.6 Å². The number of nitrogens with one attached hydrogen (secondary N) is 1. The minimum atomic E-state index is -3.17. The van der Waals surface area contributed by atoms with Crippen molar-refractivity contribution in [2.75, 3.05) is 11.9 Å². The van der Waals surface area contributed by atoms with Gasteiger partial charge in [0.1, 0.15) is 17.4 Å². The molecule has 1 aromatic heterocycles. The molecule has 1 fully saturated rings. The molecule has 0 saturated carbocycles. The Balaban J connectivity index is 2.14. The van der Waals surface area contributed by atoms with Crippen LogP contribution in [0, 0.1) is 0 Å². The number of hydrogen-bond donors (Lipinski definition) is 1. The summed E-state index contributed by atoms with van der Waals surface area (Å²) in [6.07, 6.45) is -1.73. The van der Waals surface area contributed by atoms with Gasteiger partial charge in [-0.25, -0.2) is 13.6 Å². The molecule has 2 rings (SSSR count). The highest BCUT2D eigenvalue weighted by molar-refractivity contribution is 5.96. The number of likely N-dealkylation sites (tertiary alicyclic amines) is 1. The number of ether oxygens (including phenoxy) is 1. The second-order valence-corrected chi connectivity index (χ2v) is 8.50. The van der Waals surface area contributed by atoms with Gasteiger partial charge in [-0.15, -0.1) is 0 Å². The van der Waals surface area contributed by atoms with Crippen molar-refractivity contribution in [1.29, 1.82) is 0 Å². The van der Waals surface area contributed by atoms with E-state index < -0.39 is 42.5 Å². The van der Waals surface area contributed by atoms with Gasteiger partial charge >= 0.3 is 6.09 Å². The molecule has 7 nitrogen and oxygen atoms in total. The Morgan fingerprint density at radius 2 is 1.92 bits per heavy atom. The van der Waals surface area contributed by atoms with Gasteiger partial charge in [-0.2, -0.15) is 0 Å².